The SMILES string of the molecule is CC(=O)C1NCCC1S. The summed E-state index contributed by atoms with van der Waals surface area (Å²) >= 11 is 4.24. The van der Waals surface area contributed by atoms with Crippen molar-refractivity contribution in [3.8, 4) is 0 Å². The second-order valence-corrected chi connectivity index (χ2v) is 3.06. The number of ketones is 1. The van der Waals surface area contributed by atoms with Crippen molar-refractivity contribution >= 4 is 18.4 Å². The zero-order valence-corrected chi connectivity index (χ0v) is 6.32. The third-order valence-corrected chi connectivity index (χ3v) is 2.18. The number of Topliss-reactive ketones (excluding diaryl/α,β-unsaturated/α-hetero) is 1. The molecule has 0 amide bonds. The first-order chi connectivity index (χ1) is 4.22. The van der Waals surface area contributed by atoms with Crippen molar-refractivity contribution in [3.63, 3.8) is 0 Å². The Labute approximate surface area is 60.4 Å². The quantitative estimate of drug-likeness (QED) is 0.517. The summed E-state index contributed by atoms with van der Waals surface area (Å²) in [6.45, 7) is 2.53. The van der Waals surface area contributed by atoms with Crippen LogP contribution in [0.5, 0.6) is 0 Å². The summed E-state index contributed by atoms with van der Waals surface area (Å²) in [4.78, 5) is 10.7. The smallest absolute Gasteiger partial charge is 0.147 e. The molecule has 1 aliphatic heterocycles. The van der Waals surface area contributed by atoms with Crippen LogP contribution in [0.4, 0.5) is 0 Å². The molecule has 0 aromatic carbocycles. The van der Waals surface area contributed by atoms with Gasteiger partial charge in [-0.25, -0.2) is 0 Å². The number of thiol groups is 1. The minimum absolute atomic E-state index is 0.00772. The Hall–Kier alpha value is -0.0200. The van der Waals surface area contributed by atoms with Crippen LogP contribution in [0, 0.1) is 0 Å². The van der Waals surface area contributed by atoms with Crippen molar-refractivity contribution in [2.45, 2.75) is 24.6 Å². The number of hydrogen-bond acceptors (Lipinski definition) is 3. The van der Waals surface area contributed by atoms with Gasteiger partial charge in [-0.2, -0.15) is 12.6 Å². The van der Waals surface area contributed by atoms with Crippen LogP contribution in [-0.4, -0.2) is 23.6 Å². The van der Waals surface area contributed by atoms with Gasteiger partial charge in [0.25, 0.3) is 0 Å². The fraction of sp³-hybridized carbons (Fsp3) is 0.833. The summed E-state index contributed by atoms with van der Waals surface area (Å²) in [5.41, 5.74) is 0. The van der Waals surface area contributed by atoms with Crippen molar-refractivity contribution in [2.24, 2.45) is 0 Å². The molecule has 9 heavy (non-hydrogen) atoms. The third kappa shape index (κ3) is 1.46. The molecule has 0 aromatic rings. The van der Waals surface area contributed by atoms with E-state index in [1.165, 1.54) is 0 Å². The lowest BCUT2D eigenvalue weighted by Gasteiger charge is -2.09. The molecule has 0 radical (unpaired) electrons. The summed E-state index contributed by atoms with van der Waals surface area (Å²) in [6.07, 6.45) is 1.01. The average Bonchev–Trinajstić information content (AvgIpc) is 2.13. The molecule has 1 fully saturated rings. The van der Waals surface area contributed by atoms with E-state index in [9.17, 15) is 4.79 Å². The monoisotopic (exact) mass is 145 g/mol. The van der Waals surface area contributed by atoms with Gasteiger partial charge in [0.2, 0.25) is 0 Å². The van der Waals surface area contributed by atoms with Gasteiger partial charge < -0.3 is 5.32 Å². The van der Waals surface area contributed by atoms with Gasteiger partial charge in [-0.3, -0.25) is 4.79 Å². The Balaban J connectivity index is 2.49. The van der Waals surface area contributed by atoms with Gasteiger partial charge in [0, 0.05) is 5.25 Å². The zero-order chi connectivity index (χ0) is 6.85. The highest BCUT2D eigenvalue weighted by Gasteiger charge is 2.26. The van der Waals surface area contributed by atoms with Gasteiger partial charge in [0.15, 0.2) is 0 Å². The molecule has 0 aromatic heterocycles. The summed E-state index contributed by atoms with van der Waals surface area (Å²) < 4.78 is 0. The van der Waals surface area contributed by atoms with Crippen LogP contribution in [0.3, 0.4) is 0 Å². The first kappa shape index (κ1) is 7.09. The summed E-state index contributed by atoms with van der Waals surface area (Å²) in [7, 11) is 0. The fourth-order valence-electron chi connectivity index (χ4n) is 1.10. The standard InChI is InChI=1S/C6H11NOS/c1-4(8)6-5(9)2-3-7-6/h5-7,9H,2-3H2,1H3. The second-order valence-electron chi connectivity index (χ2n) is 2.40. The molecule has 0 aliphatic carbocycles. The van der Waals surface area contributed by atoms with E-state index in [4.69, 9.17) is 0 Å². The average molecular weight is 145 g/mol. The van der Waals surface area contributed by atoms with Crippen molar-refractivity contribution < 1.29 is 4.79 Å². The number of carbonyl (C=O) groups is 1. The van der Waals surface area contributed by atoms with E-state index >= 15 is 0 Å². The van der Waals surface area contributed by atoms with Crippen molar-refractivity contribution in [1.82, 2.24) is 5.32 Å². The molecular formula is C6H11NOS. The van der Waals surface area contributed by atoms with Crippen LogP contribution in [-0.2, 0) is 4.79 Å². The molecule has 0 saturated carbocycles. The lowest BCUT2D eigenvalue weighted by atomic mass is 10.1. The van der Waals surface area contributed by atoms with Gasteiger partial charge in [-0.05, 0) is 19.9 Å². The first-order valence-electron chi connectivity index (χ1n) is 3.13. The minimum atomic E-state index is 0.00772. The highest BCUT2D eigenvalue weighted by molar-refractivity contribution is 7.81. The highest BCUT2D eigenvalue weighted by Crippen LogP contribution is 2.13. The summed E-state index contributed by atoms with van der Waals surface area (Å²) in [5, 5.41) is 3.32. The fourth-order valence-corrected chi connectivity index (χ4v) is 1.55. The van der Waals surface area contributed by atoms with Crippen LogP contribution in [0.25, 0.3) is 0 Å². The Bertz CT molecular complexity index is 126. The lowest BCUT2D eigenvalue weighted by molar-refractivity contribution is -0.118. The van der Waals surface area contributed by atoms with Crippen LogP contribution in [0.2, 0.25) is 0 Å². The van der Waals surface area contributed by atoms with E-state index in [-0.39, 0.29) is 17.1 Å². The zero-order valence-electron chi connectivity index (χ0n) is 5.42. The maximum atomic E-state index is 10.7. The van der Waals surface area contributed by atoms with E-state index in [0.29, 0.717) is 0 Å². The van der Waals surface area contributed by atoms with Crippen LogP contribution >= 0.6 is 12.6 Å². The van der Waals surface area contributed by atoms with Crippen molar-refractivity contribution in [3.05, 3.63) is 0 Å². The normalized spacial score (nSPS) is 34.9. The van der Waals surface area contributed by atoms with Crippen LogP contribution < -0.4 is 5.32 Å². The molecule has 1 heterocycles. The molecule has 2 unspecified atom stereocenters. The van der Waals surface area contributed by atoms with Crippen LogP contribution in [0.15, 0.2) is 0 Å². The molecule has 2 nitrogen and oxygen atoms in total. The van der Waals surface area contributed by atoms with Crippen molar-refractivity contribution in [2.75, 3.05) is 6.54 Å². The maximum Gasteiger partial charge on any atom is 0.147 e. The molecule has 1 rings (SSSR count). The summed E-state index contributed by atoms with van der Waals surface area (Å²) in [6, 6.07) is 0.00772. The van der Waals surface area contributed by atoms with E-state index < -0.39 is 0 Å². The van der Waals surface area contributed by atoms with Gasteiger partial charge in [-0.15, -0.1) is 0 Å². The Kier molecular flexibility index (Phi) is 2.13. The largest absolute Gasteiger partial charge is 0.307 e. The van der Waals surface area contributed by atoms with Crippen LogP contribution in [0.1, 0.15) is 13.3 Å². The number of nitrogens with one attached hydrogen (secondary N) is 1. The number of carbonyl (C=O) groups excluding carboxylic acids is 1. The molecule has 52 valence electrons. The van der Waals surface area contributed by atoms with Gasteiger partial charge >= 0.3 is 0 Å². The molecule has 0 bridgehead atoms. The van der Waals surface area contributed by atoms with Gasteiger partial charge in [0.05, 0.1) is 6.04 Å². The highest BCUT2D eigenvalue weighted by atomic mass is 32.1. The number of hydrogen-bond donors (Lipinski definition) is 2. The third-order valence-electron chi connectivity index (χ3n) is 1.63. The molecular weight excluding hydrogens is 134 g/mol. The number of rotatable bonds is 1. The first-order valence-corrected chi connectivity index (χ1v) is 3.65. The van der Waals surface area contributed by atoms with E-state index in [0.717, 1.165) is 13.0 Å². The molecule has 1 aliphatic rings. The topological polar surface area (TPSA) is 29.1 Å². The molecule has 1 N–H and O–H groups in total. The summed E-state index contributed by atoms with van der Waals surface area (Å²) in [5.74, 6) is 0.201. The minimum Gasteiger partial charge on any atom is -0.307 e. The van der Waals surface area contributed by atoms with Gasteiger partial charge in [0.1, 0.15) is 5.78 Å². The van der Waals surface area contributed by atoms with Crippen molar-refractivity contribution in [1.29, 1.82) is 0 Å². The Morgan fingerprint density at radius 2 is 2.44 bits per heavy atom. The molecule has 1 saturated heterocycles. The predicted molar refractivity (Wildman–Crippen MR) is 39.9 cm³/mol. The molecule has 2 atom stereocenters. The molecule has 0 spiro atoms. The predicted octanol–water partition coefficient (Wildman–Crippen LogP) is 0.236. The van der Waals surface area contributed by atoms with E-state index in [1.807, 2.05) is 0 Å². The second kappa shape index (κ2) is 2.71. The van der Waals surface area contributed by atoms with E-state index in [1.54, 1.807) is 6.92 Å². The van der Waals surface area contributed by atoms with E-state index in [2.05, 4.69) is 17.9 Å². The van der Waals surface area contributed by atoms with Gasteiger partial charge in [-0.1, -0.05) is 0 Å². The Morgan fingerprint density at radius 1 is 1.78 bits per heavy atom. The molecule has 3 heteroatoms. The lowest BCUT2D eigenvalue weighted by Crippen LogP contribution is -2.34. The Morgan fingerprint density at radius 3 is 2.67 bits per heavy atom. The maximum absolute atomic E-state index is 10.7.